The molecule has 5 nitrogen and oxygen atoms in total. The fourth-order valence-corrected chi connectivity index (χ4v) is 2.00. The van der Waals surface area contributed by atoms with E-state index in [0.29, 0.717) is 17.7 Å². The second-order valence-corrected chi connectivity index (χ2v) is 4.47. The first-order valence-electron chi connectivity index (χ1n) is 5.93. The maximum absolute atomic E-state index is 8.81. The zero-order chi connectivity index (χ0) is 12.3. The summed E-state index contributed by atoms with van der Waals surface area (Å²) < 4.78 is 0. The van der Waals surface area contributed by atoms with Crippen LogP contribution in [0.4, 0.5) is 5.95 Å². The van der Waals surface area contributed by atoms with Gasteiger partial charge in [-0.2, -0.15) is 5.26 Å². The largest absolute Gasteiger partial charge is 0.338 e. The lowest BCUT2D eigenvalue weighted by Gasteiger charge is -2.36. The third-order valence-corrected chi connectivity index (χ3v) is 3.08. The molecule has 2 rings (SSSR count). The predicted octanol–water partition coefficient (Wildman–Crippen LogP) is 0.879. The highest BCUT2D eigenvalue weighted by Gasteiger charge is 2.20. The molecule has 0 unspecified atom stereocenters. The van der Waals surface area contributed by atoms with Gasteiger partial charge in [0, 0.05) is 38.4 Å². The molecule has 0 aliphatic carbocycles. The molecule has 5 heteroatoms. The lowest BCUT2D eigenvalue weighted by Crippen LogP contribution is -2.49. The number of aromatic nitrogens is 2. The van der Waals surface area contributed by atoms with Crippen LogP contribution in [-0.4, -0.2) is 47.1 Å². The van der Waals surface area contributed by atoms with Crippen molar-refractivity contribution in [1.82, 2.24) is 14.9 Å². The fourth-order valence-electron chi connectivity index (χ4n) is 2.00. The van der Waals surface area contributed by atoms with E-state index in [0.717, 1.165) is 26.2 Å². The van der Waals surface area contributed by atoms with Crippen LogP contribution in [0.1, 0.15) is 19.5 Å². The first-order chi connectivity index (χ1) is 8.20. The number of rotatable bonds is 2. The van der Waals surface area contributed by atoms with Crippen LogP contribution in [0.25, 0.3) is 0 Å². The lowest BCUT2D eigenvalue weighted by molar-refractivity contribution is 0.208. The number of nitriles is 1. The van der Waals surface area contributed by atoms with E-state index in [1.807, 2.05) is 6.07 Å². The van der Waals surface area contributed by atoms with Gasteiger partial charge >= 0.3 is 0 Å². The van der Waals surface area contributed by atoms with Crippen LogP contribution in [0.2, 0.25) is 0 Å². The molecule has 1 aliphatic heterocycles. The SMILES string of the molecule is CC(C)N1CCN(c2nccc(C#N)n2)CC1. The number of hydrogen-bond donors (Lipinski definition) is 0. The van der Waals surface area contributed by atoms with Crippen LogP contribution in [0.15, 0.2) is 12.3 Å². The summed E-state index contributed by atoms with van der Waals surface area (Å²) in [5.41, 5.74) is 0.432. The summed E-state index contributed by atoms with van der Waals surface area (Å²) >= 11 is 0. The van der Waals surface area contributed by atoms with Crippen LogP contribution < -0.4 is 4.90 Å². The molecule has 90 valence electrons. The van der Waals surface area contributed by atoms with Crippen LogP contribution in [-0.2, 0) is 0 Å². The Balaban J connectivity index is 2.03. The minimum atomic E-state index is 0.432. The predicted molar refractivity (Wildman–Crippen MR) is 65.7 cm³/mol. The van der Waals surface area contributed by atoms with Crippen molar-refractivity contribution >= 4 is 5.95 Å². The molecule has 1 aliphatic rings. The summed E-state index contributed by atoms with van der Waals surface area (Å²) in [5, 5.41) is 8.81. The Hall–Kier alpha value is -1.67. The third-order valence-electron chi connectivity index (χ3n) is 3.08. The van der Waals surface area contributed by atoms with Crippen LogP contribution >= 0.6 is 0 Å². The van der Waals surface area contributed by atoms with Crippen LogP contribution in [0.5, 0.6) is 0 Å². The second-order valence-electron chi connectivity index (χ2n) is 4.47. The van der Waals surface area contributed by atoms with E-state index >= 15 is 0 Å². The van der Waals surface area contributed by atoms with Gasteiger partial charge in [0.2, 0.25) is 5.95 Å². The highest BCUT2D eigenvalue weighted by molar-refractivity contribution is 5.34. The normalized spacial score (nSPS) is 17.2. The summed E-state index contributed by atoms with van der Waals surface area (Å²) in [4.78, 5) is 13.0. The Bertz CT molecular complexity index is 415. The van der Waals surface area contributed by atoms with E-state index in [-0.39, 0.29) is 0 Å². The molecule has 0 spiro atoms. The van der Waals surface area contributed by atoms with E-state index in [9.17, 15) is 0 Å². The van der Waals surface area contributed by atoms with Crippen LogP contribution in [0.3, 0.4) is 0 Å². The Kier molecular flexibility index (Phi) is 3.55. The molecule has 1 saturated heterocycles. The van der Waals surface area contributed by atoms with Crippen molar-refractivity contribution < 1.29 is 0 Å². The Labute approximate surface area is 102 Å². The van der Waals surface area contributed by atoms with Crippen molar-refractivity contribution in [2.75, 3.05) is 31.1 Å². The quantitative estimate of drug-likeness (QED) is 0.756. The first kappa shape index (κ1) is 11.8. The maximum Gasteiger partial charge on any atom is 0.226 e. The molecule has 0 N–H and O–H groups in total. The Morgan fingerprint density at radius 2 is 2.00 bits per heavy atom. The third kappa shape index (κ3) is 2.71. The van der Waals surface area contributed by atoms with Gasteiger partial charge in [-0.05, 0) is 19.9 Å². The fraction of sp³-hybridized carbons (Fsp3) is 0.583. The molecule has 1 fully saturated rings. The molecule has 1 aromatic rings. The van der Waals surface area contributed by atoms with E-state index < -0.39 is 0 Å². The van der Waals surface area contributed by atoms with Crippen LogP contribution in [0, 0.1) is 11.3 Å². The average Bonchev–Trinajstić information content (AvgIpc) is 2.39. The number of hydrogen-bond acceptors (Lipinski definition) is 5. The van der Waals surface area contributed by atoms with Gasteiger partial charge in [-0.3, -0.25) is 4.90 Å². The molecule has 0 aromatic carbocycles. The summed E-state index contributed by atoms with van der Waals surface area (Å²) in [7, 11) is 0. The summed E-state index contributed by atoms with van der Waals surface area (Å²) in [6, 6.07) is 4.26. The van der Waals surface area contributed by atoms with Crippen molar-refractivity contribution in [2.45, 2.75) is 19.9 Å². The van der Waals surface area contributed by atoms with Crippen molar-refractivity contribution in [3.63, 3.8) is 0 Å². The average molecular weight is 231 g/mol. The topological polar surface area (TPSA) is 56.0 Å². The molecule has 0 radical (unpaired) electrons. The molecule has 1 aromatic heterocycles. The van der Waals surface area contributed by atoms with Gasteiger partial charge in [0.15, 0.2) is 0 Å². The van der Waals surface area contributed by atoms with Crippen molar-refractivity contribution in [3.05, 3.63) is 18.0 Å². The second kappa shape index (κ2) is 5.11. The smallest absolute Gasteiger partial charge is 0.226 e. The number of piperazine rings is 1. The van der Waals surface area contributed by atoms with Crippen molar-refractivity contribution in [3.8, 4) is 6.07 Å². The Morgan fingerprint density at radius 3 is 2.59 bits per heavy atom. The van der Waals surface area contributed by atoms with E-state index in [4.69, 9.17) is 5.26 Å². The first-order valence-corrected chi connectivity index (χ1v) is 5.93. The zero-order valence-corrected chi connectivity index (χ0v) is 10.3. The minimum Gasteiger partial charge on any atom is -0.338 e. The maximum atomic E-state index is 8.81. The Morgan fingerprint density at radius 1 is 1.29 bits per heavy atom. The number of nitrogens with zero attached hydrogens (tertiary/aromatic N) is 5. The highest BCUT2D eigenvalue weighted by atomic mass is 15.3. The molecular formula is C12H17N5. The summed E-state index contributed by atoms with van der Waals surface area (Å²) in [5.74, 6) is 0.674. The highest BCUT2D eigenvalue weighted by Crippen LogP contribution is 2.12. The zero-order valence-electron chi connectivity index (χ0n) is 10.3. The molecule has 2 heterocycles. The van der Waals surface area contributed by atoms with Gasteiger partial charge in [-0.1, -0.05) is 0 Å². The summed E-state index contributed by atoms with van der Waals surface area (Å²) in [6.45, 7) is 8.32. The van der Waals surface area contributed by atoms with Gasteiger partial charge in [0.25, 0.3) is 0 Å². The molecule has 0 saturated carbocycles. The van der Waals surface area contributed by atoms with Gasteiger partial charge < -0.3 is 4.90 Å². The van der Waals surface area contributed by atoms with Gasteiger partial charge in [-0.25, -0.2) is 9.97 Å². The standard InChI is InChI=1S/C12H17N5/c1-10(2)16-5-7-17(8-6-16)12-14-4-3-11(9-13)15-12/h3-4,10H,5-8H2,1-2H3. The van der Waals surface area contributed by atoms with Crippen molar-refractivity contribution in [2.24, 2.45) is 0 Å². The molecule has 0 bridgehead atoms. The van der Waals surface area contributed by atoms with Gasteiger partial charge in [0.1, 0.15) is 11.8 Å². The molecular weight excluding hydrogens is 214 g/mol. The van der Waals surface area contributed by atoms with E-state index in [2.05, 4.69) is 33.6 Å². The van der Waals surface area contributed by atoms with E-state index in [1.54, 1.807) is 12.3 Å². The molecule has 0 atom stereocenters. The van der Waals surface area contributed by atoms with Gasteiger partial charge in [0.05, 0.1) is 0 Å². The van der Waals surface area contributed by atoms with Crippen molar-refractivity contribution in [1.29, 1.82) is 5.26 Å². The molecule has 0 amide bonds. The number of anilines is 1. The lowest BCUT2D eigenvalue weighted by atomic mass is 10.2. The minimum absolute atomic E-state index is 0.432. The van der Waals surface area contributed by atoms with E-state index in [1.165, 1.54) is 0 Å². The summed E-state index contributed by atoms with van der Waals surface area (Å²) in [6.07, 6.45) is 1.65. The monoisotopic (exact) mass is 231 g/mol. The molecule has 17 heavy (non-hydrogen) atoms. The van der Waals surface area contributed by atoms with Gasteiger partial charge in [-0.15, -0.1) is 0 Å².